The first-order valence-corrected chi connectivity index (χ1v) is 11.6. The van der Waals surface area contributed by atoms with Crippen LogP contribution in [0.5, 0.6) is 5.75 Å². The molecule has 5 rings (SSSR count). The highest BCUT2D eigenvalue weighted by Gasteiger charge is 2.37. The number of rotatable bonds is 6. The lowest BCUT2D eigenvalue weighted by molar-refractivity contribution is 0.0350. The van der Waals surface area contributed by atoms with Crippen molar-refractivity contribution in [1.82, 2.24) is 5.32 Å². The third-order valence-corrected chi connectivity index (χ3v) is 6.48. The van der Waals surface area contributed by atoms with Crippen molar-refractivity contribution in [3.8, 4) is 5.75 Å². The summed E-state index contributed by atoms with van der Waals surface area (Å²) in [5.41, 5.74) is 1.66. The fourth-order valence-corrected chi connectivity index (χ4v) is 4.66. The molecule has 1 saturated heterocycles. The molecule has 1 N–H and O–H groups in total. The van der Waals surface area contributed by atoms with E-state index in [4.69, 9.17) is 9.47 Å². The summed E-state index contributed by atoms with van der Waals surface area (Å²) in [7, 11) is 0. The second kappa shape index (κ2) is 9.84. The Balaban J connectivity index is 1.40. The molecule has 0 radical (unpaired) electrons. The van der Waals surface area contributed by atoms with Crippen molar-refractivity contribution in [2.75, 3.05) is 13.2 Å². The van der Waals surface area contributed by atoms with E-state index in [1.54, 1.807) is 24.3 Å². The third-order valence-electron chi connectivity index (χ3n) is 6.48. The van der Waals surface area contributed by atoms with Gasteiger partial charge >= 0.3 is 0 Å². The zero-order valence-corrected chi connectivity index (χ0v) is 19.1. The van der Waals surface area contributed by atoms with E-state index < -0.39 is 17.2 Å². The molecule has 6 heteroatoms. The monoisotopic (exact) mass is 473 g/mol. The second-order valence-electron chi connectivity index (χ2n) is 8.74. The molecule has 0 aliphatic carbocycles. The lowest BCUT2D eigenvalue weighted by Gasteiger charge is -2.39. The number of ether oxygens (including phenoxy) is 2. The Labute approximate surface area is 202 Å². The number of fused-ring (bicyclic) bond motifs is 1. The van der Waals surface area contributed by atoms with Crippen molar-refractivity contribution in [2.24, 2.45) is 0 Å². The fourth-order valence-electron chi connectivity index (χ4n) is 4.66. The minimum Gasteiger partial charge on any atom is -0.486 e. The Hall–Kier alpha value is -3.77. The standard InChI is InChI=1S/C29H25F2NO3/c30-23-11-12-26(31)27(18-23)35-19-20-5-3-8-22(17-20)28(33)32-29(13-15-34-16-14-29)25-10-4-7-21-6-1-2-9-24(21)25/h1-12,17-18H,13-16,19H2,(H,32,33). The Morgan fingerprint density at radius 3 is 2.54 bits per heavy atom. The van der Waals surface area contributed by atoms with Gasteiger partial charge in [0.05, 0.1) is 5.54 Å². The molecule has 35 heavy (non-hydrogen) atoms. The molecule has 0 spiro atoms. The molecule has 4 aromatic carbocycles. The smallest absolute Gasteiger partial charge is 0.251 e. The SMILES string of the molecule is O=C(NC1(c2cccc3ccccc23)CCOCC1)c1cccc(COc2cc(F)ccc2F)c1. The highest BCUT2D eigenvalue weighted by molar-refractivity contribution is 5.96. The van der Waals surface area contributed by atoms with Crippen LogP contribution in [0.15, 0.2) is 84.9 Å². The average molecular weight is 474 g/mol. The van der Waals surface area contributed by atoms with Crippen molar-refractivity contribution in [3.05, 3.63) is 113 Å². The Morgan fingerprint density at radius 1 is 0.914 bits per heavy atom. The first kappa shape index (κ1) is 23.0. The number of hydrogen-bond donors (Lipinski definition) is 1. The molecule has 4 nitrogen and oxygen atoms in total. The molecule has 0 aromatic heterocycles. The van der Waals surface area contributed by atoms with Gasteiger partial charge in [0.2, 0.25) is 0 Å². The molecular formula is C29H25F2NO3. The number of carbonyl (C=O) groups excluding carboxylic acids is 1. The molecule has 1 aliphatic heterocycles. The predicted molar refractivity (Wildman–Crippen MR) is 130 cm³/mol. The topological polar surface area (TPSA) is 47.6 Å². The Kier molecular flexibility index (Phi) is 6.47. The maximum Gasteiger partial charge on any atom is 0.251 e. The summed E-state index contributed by atoms with van der Waals surface area (Å²) in [6.45, 7) is 1.11. The van der Waals surface area contributed by atoms with E-state index in [2.05, 4.69) is 29.6 Å². The van der Waals surface area contributed by atoms with Crippen molar-refractivity contribution in [3.63, 3.8) is 0 Å². The van der Waals surface area contributed by atoms with Gasteiger partial charge in [-0.25, -0.2) is 8.78 Å². The van der Waals surface area contributed by atoms with Gasteiger partial charge in [-0.05, 0) is 59.0 Å². The Bertz CT molecular complexity index is 1360. The van der Waals surface area contributed by atoms with Crippen molar-refractivity contribution in [2.45, 2.75) is 25.0 Å². The maximum atomic E-state index is 13.9. The average Bonchev–Trinajstić information content (AvgIpc) is 2.89. The second-order valence-corrected chi connectivity index (χ2v) is 8.74. The van der Waals surface area contributed by atoms with Crippen LogP contribution in [-0.2, 0) is 16.9 Å². The van der Waals surface area contributed by atoms with Gasteiger partial charge in [-0.2, -0.15) is 0 Å². The number of halogens is 2. The van der Waals surface area contributed by atoms with Crippen LogP contribution in [0.1, 0.15) is 34.3 Å². The third kappa shape index (κ3) is 4.88. The van der Waals surface area contributed by atoms with Crippen LogP contribution in [-0.4, -0.2) is 19.1 Å². The van der Waals surface area contributed by atoms with Gasteiger partial charge in [-0.15, -0.1) is 0 Å². The highest BCUT2D eigenvalue weighted by atomic mass is 19.1. The van der Waals surface area contributed by atoms with E-state index in [1.807, 2.05) is 18.2 Å². The van der Waals surface area contributed by atoms with Gasteiger partial charge in [-0.1, -0.05) is 54.6 Å². The summed E-state index contributed by atoms with van der Waals surface area (Å²) in [5.74, 6) is -1.60. The van der Waals surface area contributed by atoms with Crippen LogP contribution in [0.4, 0.5) is 8.78 Å². The van der Waals surface area contributed by atoms with Crippen LogP contribution >= 0.6 is 0 Å². The molecule has 0 saturated carbocycles. The fraction of sp³-hybridized carbons (Fsp3) is 0.207. The van der Waals surface area contributed by atoms with E-state index in [0.717, 1.165) is 34.5 Å². The Morgan fingerprint density at radius 2 is 1.69 bits per heavy atom. The molecule has 0 bridgehead atoms. The number of nitrogens with one attached hydrogen (secondary N) is 1. The summed E-state index contributed by atoms with van der Waals surface area (Å²) in [5, 5.41) is 5.53. The summed E-state index contributed by atoms with van der Waals surface area (Å²) >= 11 is 0. The molecule has 1 amide bonds. The van der Waals surface area contributed by atoms with Gasteiger partial charge in [0.15, 0.2) is 11.6 Å². The molecule has 0 unspecified atom stereocenters. The van der Waals surface area contributed by atoms with Gasteiger partial charge in [-0.3, -0.25) is 4.79 Å². The van der Waals surface area contributed by atoms with Gasteiger partial charge in [0.1, 0.15) is 12.4 Å². The first-order valence-electron chi connectivity index (χ1n) is 11.6. The van der Waals surface area contributed by atoms with E-state index in [9.17, 15) is 13.6 Å². The number of hydrogen-bond acceptors (Lipinski definition) is 3. The lowest BCUT2D eigenvalue weighted by atomic mass is 9.80. The van der Waals surface area contributed by atoms with E-state index >= 15 is 0 Å². The largest absolute Gasteiger partial charge is 0.486 e. The molecule has 4 aromatic rings. The predicted octanol–water partition coefficient (Wildman–Crippen LogP) is 6.13. The zero-order valence-electron chi connectivity index (χ0n) is 19.1. The molecule has 0 atom stereocenters. The molecular weight excluding hydrogens is 448 g/mol. The zero-order chi connectivity index (χ0) is 24.3. The van der Waals surface area contributed by atoms with Crippen LogP contribution < -0.4 is 10.1 Å². The van der Waals surface area contributed by atoms with Crippen LogP contribution in [0, 0.1) is 11.6 Å². The molecule has 1 aliphatic rings. The quantitative estimate of drug-likeness (QED) is 0.366. The van der Waals surface area contributed by atoms with Gasteiger partial charge in [0, 0.05) is 24.8 Å². The van der Waals surface area contributed by atoms with Gasteiger partial charge in [0.25, 0.3) is 5.91 Å². The van der Waals surface area contributed by atoms with Crippen LogP contribution in [0.3, 0.4) is 0 Å². The van der Waals surface area contributed by atoms with Gasteiger partial charge < -0.3 is 14.8 Å². The van der Waals surface area contributed by atoms with E-state index in [1.165, 1.54) is 0 Å². The molecule has 178 valence electrons. The van der Waals surface area contributed by atoms with Crippen molar-refractivity contribution < 1.29 is 23.0 Å². The molecule has 1 heterocycles. The lowest BCUT2D eigenvalue weighted by Crippen LogP contribution is -2.49. The first-order chi connectivity index (χ1) is 17.0. The minimum atomic E-state index is -0.642. The maximum absolute atomic E-state index is 13.9. The van der Waals surface area contributed by atoms with Crippen LogP contribution in [0.25, 0.3) is 10.8 Å². The number of benzene rings is 4. The van der Waals surface area contributed by atoms with Crippen molar-refractivity contribution >= 4 is 16.7 Å². The summed E-state index contributed by atoms with van der Waals surface area (Å²) < 4.78 is 38.4. The number of carbonyl (C=O) groups is 1. The minimum absolute atomic E-state index is 0.00377. The highest BCUT2D eigenvalue weighted by Crippen LogP contribution is 2.37. The summed E-state index contributed by atoms with van der Waals surface area (Å²) in [4.78, 5) is 13.5. The van der Waals surface area contributed by atoms with E-state index in [0.29, 0.717) is 37.2 Å². The molecule has 1 fully saturated rings. The number of amides is 1. The summed E-state index contributed by atoms with van der Waals surface area (Å²) in [6.07, 6.45) is 1.32. The van der Waals surface area contributed by atoms with Crippen LogP contribution in [0.2, 0.25) is 0 Å². The van der Waals surface area contributed by atoms with Crippen molar-refractivity contribution in [1.29, 1.82) is 0 Å². The summed E-state index contributed by atoms with van der Waals surface area (Å²) in [6, 6.07) is 24.4. The normalized spacial score (nSPS) is 15.0. The van der Waals surface area contributed by atoms with E-state index in [-0.39, 0.29) is 18.3 Å².